The lowest BCUT2D eigenvalue weighted by Gasteiger charge is -2.17. The van der Waals surface area contributed by atoms with Crippen molar-refractivity contribution in [3.8, 4) is 5.75 Å². The van der Waals surface area contributed by atoms with Crippen LogP contribution in [0.3, 0.4) is 0 Å². The smallest absolute Gasteiger partial charge is 0.165 e. The number of rotatable bonds is 6. The first-order valence-corrected chi connectivity index (χ1v) is 7.39. The normalized spacial score (nSPS) is 12.2. The van der Waals surface area contributed by atoms with Gasteiger partial charge in [-0.25, -0.2) is 4.39 Å². The standard InChI is InChI=1S/C17H19ClFNO/c1-2-21-17-8-7-12(10-16(17)19)14(11-20)9-13-5-3-4-6-15(13)18/h3-8,10,14H,2,9,11,20H2,1H3. The van der Waals surface area contributed by atoms with Crippen LogP contribution in [0.2, 0.25) is 5.02 Å². The van der Waals surface area contributed by atoms with Crippen LogP contribution in [0.5, 0.6) is 5.75 Å². The van der Waals surface area contributed by atoms with E-state index < -0.39 is 0 Å². The van der Waals surface area contributed by atoms with Gasteiger partial charge in [-0.2, -0.15) is 0 Å². The summed E-state index contributed by atoms with van der Waals surface area (Å²) in [5, 5.41) is 0.711. The molecule has 21 heavy (non-hydrogen) atoms. The summed E-state index contributed by atoms with van der Waals surface area (Å²) in [6.07, 6.45) is 0.684. The monoisotopic (exact) mass is 307 g/mol. The lowest BCUT2D eigenvalue weighted by molar-refractivity contribution is 0.321. The van der Waals surface area contributed by atoms with Crippen molar-refractivity contribution in [2.45, 2.75) is 19.3 Å². The molecule has 0 aliphatic heterocycles. The Kier molecular flexibility index (Phi) is 5.59. The number of benzene rings is 2. The second-order valence-corrected chi connectivity index (χ2v) is 5.26. The minimum atomic E-state index is -0.355. The zero-order chi connectivity index (χ0) is 15.2. The van der Waals surface area contributed by atoms with Crippen molar-refractivity contribution in [2.75, 3.05) is 13.2 Å². The van der Waals surface area contributed by atoms with E-state index in [9.17, 15) is 4.39 Å². The van der Waals surface area contributed by atoms with Gasteiger partial charge < -0.3 is 10.5 Å². The van der Waals surface area contributed by atoms with Gasteiger partial charge >= 0.3 is 0 Å². The third-order valence-electron chi connectivity index (χ3n) is 3.44. The molecule has 0 aromatic heterocycles. The molecule has 0 saturated carbocycles. The summed E-state index contributed by atoms with van der Waals surface area (Å²) in [6.45, 7) is 2.70. The summed E-state index contributed by atoms with van der Waals surface area (Å²) in [5.74, 6) is -0.0585. The Morgan fingerprint density at radius 2 is 2.00 bits per heavy atom. The van der Waals surface area contributed by atoms with Crippen LogP contribution in [0.15, 0.2) is 42.5 Å². The van der Waals surface area contributed by atoms with Crippen LogP contribution in [-0.4, -0.2) is 13.2 Å². The van der Waals surface area contributed by atoms with Crippen molar-refractivity contribution < 1.29 is 9.13 Å². The Morgan fingerprint density at radius 1 is 1.24 bits per heavy atom. The van der Waals surface area contributed by atoms with Crippen molar-refractivity contribution in [1.29, 1.82) is 0 Å². The molecule has 112 valence electrons. The summed E-state index contributed by atoms with van der Waals surface area (Å²) >= 11 is 6.18. The fraction of sp³-hybridized carbons (Fsp3) is 0.294. The summed E-state index contributed by atoms with van der Waals surface area (Å²) in [6, 6.07) is 12.7. The SMILES string of the molecule is CCOc1ccc(C(CN)Cc2ccccc2Cl)cc1F. The van der Waals surface area contributed by atoms with Crippen LogP contribution in [0.1, 0.15) is 24.0 Å². The van der Waals surface area contributed by atoms with Crippen molar-refractivity contribution in [3.63, 3.8) is 0 Å². The number of halogens is 2. The number of ether oxygens (including phenoxy) is 1. The first-order chi connectivity index (χ1) is 10.2. The van der Waals surface area contributed by atoms with Crippen LogP contribution in [-0.2, 0) is 6.42 Å². The van der Waals surface area contributed by atoms with Gasteiger partial charge in [0.25, 0.3) is 0 Å². The van der Waals surface area contributed by atoms with Crippen LogP contribution in [0.25, 0.3) is 0 Å². The van der Waals surface area contributed by atoms with Gasteiger partial charge in [0, 0.05) is 10.9 Å². The van der Waals surface area contributed by atoms with E-state index in [-0.39, 0.29) is 17.5 Å². The highest BCUT2D eigenvalue weighted by molar-refractivity contribution is 6.31. The Hall–Kier alpha value is -1.58. The van der Waals surface area contributed by atoms with E-state index in [1.807, 2.05) is 37.3 Å². The van der Waals surface area contributed by atoms with Crippen molar-refractivity contribution in [3.05, 3.63) is 64.4 Å². The number of nitrogens with two attached hydrogens (primary N) is 1. The molecule has 2 nitrogen and oxygen atoms in total. The van der Waals surface area contributed by atoms with Gasteiger partial charge in [0.05, 0.1) is 6.61 Å². The third kappa shape index (κ3) is 3.96. The molecule has 1 unspecified atom stereocenters. The zero-order valence-electron chi connectivity index (χ0n) is 12.0. The van der Waals surface area contributed by atoms with Gasteiger partial charge in [0.1, 0.15) is 0 Å². The quantitative estimate of drug-likeness (QED) is 0.869. The maximum atomic E-state index is 14.0. The Morgan fingerprint density at radius 3 is 2.62 bits per heavy atom. The van der Waals surface area contributed by atoms with Gasteiger partial charge in [-0.05, 0) is 49.2 Å². The molecule has 2 rings (SSSR count). The van der Waals surface area contributed by atoms with Gasteiger partial charge in [-0.3, -0.25) is 0 Å². The van der Waals surface area contributed by atoms with Crippen LogP contribution in [0, 0.1) is 5.82 Å². The molecule has 0 radical (unpaired) electrons. The molecule has 2 N–H and O–H groups in total. The van der Waals surface area contributed by atoms with E-state index in [0.717, 1.165) is 11.1 Å². The fourth-order valence-electron chi connectivity index (χ4n) is 2.31. The maximum absolute atomic E-state index is 14.0. The lowest BCUT2D eigenvalue weighted by atomic mass is 9.92. The van der Waals surface area contributed by atoms with Crippen molar-refractivity contribution >= 4 is 11.6 Å². The molecule has 0 aliphatic rings. The molecule has 0 saturated heterocycles. The first kappa shape index (κ1) is 15.8. The van der Waals surface area contributed by atoms with Gasteiger partial charge in [0.15, 0.2) is 11.6 Å². The molecule has 0 spiro atoms. The minimum Gasteiger partial charge on any atom is -0.491 e. The van der Waals surface area contributed by atoms with E-state index >= 15 is 0 Å². The largest absolute Gasteiger partial charge is 0.491 e. The summed E-state index contributed by atoms with van der Waals surface area (Å²) < 4.78 is 19.2. The molecule has 0 bridgehead atoms. The highest BCUT2D eigenvalue weighted by Gasteiger charge is 2.15. The molecule has 1 atom stereocenters. The van der Waals surface area contributed by atoms with Crippen LogP contribution < -0.4 is 10.5 Å². The second-order valence-electron chi connectivity index (χ2n) is 4.85. The predicted octanol–water partition coefficient (Wildman–Crippen LogP) is 4.16. The van der Waals surface area contributed by atoms with E-state index in [1.165, 1.54) is 6.07 Å². The molecular formula is C17H19ClFNO. The molecule has 0 heterocycles. The second kappa shape index (κ2) is 7.43. The Balaban J connectivity index is 2.21. The highest BCUT2D eigenvalue weighted by atomic mass is 35.5. The van der Waals surface area contributed by atoms with E-state index in [0.29, 0.717) is 24.6 Å². The topological polar surface area (TPSA) is 35.2 Å². The summed E-state index contributed by atoms with van der Waals surface area (Å²) in [4.78, 5) is 0. The van der Waals surface area contributed by atoms with Gasteiger partial charge in [-0.15, -0.1) is 0 Å². The summed E-state index contributed by atoms with van der Waals surface area (Å²) in [7, 11) is 0. The molecule has 0 aliphatic carbocycles. The fourth-order valence-corrected chi connectivity index (χ4v) is 2.52. The molecule has 0 fully saturated rings. The predicted molar refractivity (Wildman–Crippen MR) is 84.5 cm³/mol. The van der Waals surface area contributed by atoms with Gasteiger partial charge in [0.2, 0.25) is 0 Å². The van der Waals surface area contributed by atoms with Crippen molar-refractivity contribution in [1.82, 2.24) is 0 Å². The average Bonchev–Trinajstić information content (AvgIpc) is 2.49. The first-order valence-electron chi connectivity index (χ1n) is 7.01. The third-order valence-corrected chi connectivity index (χ3v) is 3.80. The van der Waals surface area contributed by atoms with Crippen molar-refractivity contribution in [2.24, 2.45) is 5.73 Å². The number of hydrogen-bond donors (Lipinski definition) is 1. The van der Waals surface area contributed by atoms with Crippen LogP contribution >= 0.6 is 11.6 Å². The molecule has 2 aromatic rings. The molecular weight excluding hydrogens is 289 g/mol. The average molecular weight is 308 g/mol. The molecule has 2 aromatic carbocycles. The molecule has 0 amide bonds. The van der Waals surface area contributed by atoms with E-state index in [2.05, 4.69) is 0 Å². The zero-order valence-corrected chi connectivity index (χ0v) is 12.7. The Bertz CT molecular complexity index is 603. The molecule has 4 heteroatoms. The summed E-state index contributed by atoms with van der Waals surface area (Å²) in [5.41, 5.74) is 7.73. The number of hydrogen-bond acceptors (Lipinski definition) is 2. The highest BCUT2D eigenvalue weighted by Crippen LogP contribution is 2.27. The van der Waals surface area contributed by atoms with E-state index in [4.69, 9.17) is 22.1 Å². The maximum Gasteiger partial charge on any atom is 0.165 e. The van der Waals surface area contributed by atoms with Crippen LogP contribution in [0.4, 0.5) is 4.39 Å². The Labute approximate surface area is 129 Å². The lowest BCUT2D eigenvalue weighted by Crippen LogP contribution is -2.15. The van der Waals surface area contributed by atoms with E-state index in [1.54, 1.807) is 6.07 Å². The van der Waals surface area contributed by atoms with Gasteiger partial charge in [-0.1, -0.05) is 35.9 Å². The minimum absolute atomic E-state index is 0.0232.